The lowest BCUT2D eigenvalue weighted by atomic mass is 11.0. The standard InChI is InChI=1S/3C4H10O6S4/c3*5-13(6,7)3-1-11-12-2-4-14(8,9)10/h3*1-4H2,(H,5,6,7)(H,8,9,10). The largest absolute Gasteiger partial charge is 0.286 e. The van der Waals surface area contributed by atoms with Crippen molar-refractivity contribution in [3.63, 3.8) is 0 Å². The molecule has 18 nitrogen and oxygen atoms in total. The Hall–Kier alpha value is 1.56. The minimum absolute atomic E-state index is 0.176. The Labute approximate surface area is 269 Å². The van der Waals surface area contributed by atoms with Crippen LogP contribution in [0.2, 0.25) is 0 Å². The molecule has 0 amide bonds. The van der Waals surface area contributed by atoms with E-state index in [-0.39, 0.29) is 69.0 Å². The Bertz CT molecular complexity index is 1090. The minimum atomic E-state index is -3.94. The molecule has 258 valence electrons. The molecule has 0 aromatic heterocycles. The van der Waals surface area contributed by atoms with Gasteiger partial charge in [0, 0.05) is 34.5 Å². The zero-order valence-corrected chi connectivity index (χ0v) is 30.8. The van der Waals surface area contributed by atoms with E-state index in [9.17, 15) is 50.5 Å². The van der Waals surface area contributed by atoms with Crippen molar-refractivity contribution in [2.45, 2.75) is 0 Å². The lowest BCUT2D eigenvalue weighted by molar-refractivity contribution is 0.483. The first-order valence-electron chi connectivity index (χ1n) is 10.1. The molecule has 0 radical (unpaired) electrons. The maximum atomic E-state index is 10.2. The predicted octanol–water partition coefficient (Wildman–Crippen LogP) is 0.430. The van der Waals surface area contributed by atoms with E-state index in [1.54, 1.807) is 0 Å². The van der Waals surface area contributed by atoms with Gasteiger partial charge in [0.1, 0.15) is 0 Å². The molecule has 0 rings (SSSR count). The molecule has 0 atom stereocenters. The van der Waals surface area contributed by atoms with Gasteiger partial charge in [0.15, 0.2) is 0 Å². The van der Waals surface area contributed by atoms with Crippen molar-refractivity contribution in [3.05, 3.63) is 0 Å². The summed E-state index contributed by atoms with van der Waals surface area (Å²) in [5.74, 6) is -1.13. The molecular weight excluding hydrogens is 817 g/mol. The van der Waals surface area contributed by atoms with Crippen LogP contribution in [0.3, 0.4) is 0 Å². The van der Waals surface area contributed by atoms with Gasteiger partial charge in [0.2, 0.25) is 0 Å². The smallest absolute Gasteiger partial charge is 0.265 e. The van der Waals surface area contributed by atoms with Gasteiger partial charge in [-0.1, -0.05) is 64.8 Å². The highest BCUT2D eigenvalue weighted by Crippen LogP contribution is 2.22. The molecule has 0 unspecified atom stereocenters. The maximum Gasteiger partial charge on any atom is 0.265 e. The van der Waals surface area contributed by atoms with Crippen LogP contribution in [0.4, 0.5) is 0 Å². The van der Waals surface area contributed by atoms with Gasteiger partial charge in [-0.15, -0.1) is 0 Å². The van der Waals surface area contributed by atoms with Crippen molar-refractivity contribution in [3.8, 4) is 0 Å². The van der Waals surface area contributed by atoms with Gasteiger partial charge in [0.25, 0.3) is 60.7 Å². The third kappa shape index (κ3) is 57.2. The molecule has 0 aliphatic rings. The SMILES string of the molecule is O=S(=O)(O)CCSSCCS(=O)(=O)O.O=S(=O)(O)CCSSCCS(=O)(=O)O.O=S(=O)(O)CCSSCCS(=O)(=O)O. The first-order chi connectivity index (χ1) is 18.6. The van der Waals surface area contributed by atoms with E-state index in [0.29, 0.717) is 0 Å². The van der Waals surface area contributed by atoms with Gasteiger partial charge in [-0.3, -0.25) is 27.3 Å². The Morgan fingerprint density at radius 2 is 0.357 bits per heavy atom. The van der Waals surface area contributed by atoms with Gasteiger partial charge in [0.05, 0.1) is 34.5 Å². The van der Waals surface area contributed by atoms with Gasteiger partial charge in [-0.2, -0.15) is 50.5 Å². The second kappa shape index (κ2) is 23.8. The monoisotopic (exact) mass is 846 g/mol. The van der Waals surface area contributed by atoms with Gasteiger partial charge < -0.3 is 0 Å². The molecule has 42 heavy (non-hydrogen) atoms. The maximum absolute atomic E-state index is 10.2. The second-order valence-corrected chi connectivity index (χ2v) is 24.2. The summed E-state index contributed by atoms with van der Waals surface area (Å²) in [6.45, 7) is 0. The van der Waals surface area contributed by atoms with E-state index in [0.717, 1.165) is 64.8 Å². The highest BCUT2D eigenvalue weighted by molar-refractivity contribution is 8.77. The number of hydrogen-bond acceptors (Lipinski definition) is 18. The van der Waals surface area contributed by atoms with Crippen molar-refractivity contribution < 1.29 is 77.8 Å². The second-order valence-electron chi connectivity index (χ2n) is 6.65. The fourth-order valence-electron chi connectivity index (χ4n) is 1.19. The molecule has 0 bridgehead atoms. The van der Waals surface area contributed by atoms with Crippen molar-refractivity contribution in [2.75, 3.05) is 69.0 Å². The molecule has 30 heteroatoms. The molecule has 0 heterocycles. The topological polar surface area (TPSA) is 326 Å². The van der Waals surface area contributed by atoms with Crippen LogP contribution in [0.15, 0.2) is 0 Å². The third-order valence-corrected chi connectivity index (χ3v) is 15.9. The molecule has 0 fully saturated rings. The lowest BCUT2D eigenvalue weighted by Gasteiger charge is -1.98. The fraction of sp³-hybridized carbons (Fsp3) is 1.00. The molecule has 0 spiro atoms. The van der Waals surface area contributed by atoms with E-state index >= 15 is 0 Å². The van der Waals surface area contributed by atoms with Crippen molar-refractivity contribution >= 4 is 125 Å². The van der Waals surface area contributed by atoms with Crippen LogP contribution >= 0.6 is 64.8 Å². The van der Waals surface area contributed by atoms with E-state index in [4.69, 9.17) is 27.3 Å². The fourth-order valence-corrected chi connectivity index (χ4v) is 14.4. The van der Waals surface area contributed by atoms with E-state index in [1.165, 1.54) is 0 Å². The summed E-state index contributed by atoms with van der Waals surface area (Å²) in [6, 6.07) is 0. The van der Waals surface area contributed by atoms with Crippen LogP contribution in [-0.4, -0.2) is 147 Å². The van der Waals surface area contributed by atoms with Gasteiger partial charge >= 0.3 is 0 Å². The summed E-state index contributed by atoms with van der Waals surface area (Å²) in [7, 11) is -16.9. The Morgan fingerprint density at radius 1 is 0.262 bits per heavy atom. The average molecular weight is 847 g/mol. The van der Waals surface area contributed by atoms with Crippen LogP contribution in [0, 0.1) is 0 Å². The quantitative estimate of drug-likeness (QED) is 0.0518. The van der Waals surface area contributed by atoms with Crippen LogP contribution in [0.5, 0.6) is 0 Å². The summed E-state index contributed by atoms with van der Waals surface area (Å²) in [5.41, 5.74) is 0. The Morgan fingerprint density at radius 3 is 0.429 bits per heavy atom. The lowest BCUT2D eigenvalue weighted by Crippen LogP contribution is -2.07. The summed E-state index contributed by atoms with van der Waals surface area (Å²) in [5, 5.41) is 0. The molecular formula is C12H30O18S12. The molecule has 0 aromatic rings. The Kier molecular flexibility index (Phi) is 27.2. The van der Waals surface area contributed by atoms with Crippen LogP contribution in [0.25, 0.3) is 0 Å². The number of hydrogen-bond donors (Lipinski definition) is 6. The zero-order chi connectivity index (χ0) is 33.7. The summed E-state index contributed by atoms with van der Waals surface area (Å²) in [6.07, 6.45) is 0. The normalized spacial score (nSPS) is 13.0. The first kappa shape index (κ1) is 48.0. The summed E-state index contributed by atoms with van der Waals surface area (Å²) < 4.78 is 173. The molecule has 0 aliphatic carbocycles. The van der Waals surface area contributed by atoms with Crippen molar-refractivity contribution in [1.82, 2.24) is 0 Å². The minimum Gasteiger partial charge on any atom is -0.286 e. The van der Waals surface area contributed by atoms with E-state index in [1.807, 2.05) is 0 Å². The molecule has 0 aromatic carbocycles. The molecule has 0 saturated carbocycles. The van der Waals surface area contributed by atoms with Gasteiger partial charge in [-0.25, -0.2) is 0 Å². The first-order valence-corrected chi connectivity index (χ1v) is 27.2. The molecule has 6 N–H and O–H groups in total. The van der Waals surface area contributed by atoms with E-state index in [2.05, 4.69) is 0 Å². The summed E-state index contributed by atoms with van der Waals surface area (Å²) in [4.78, 5) is 0. The number of rotatable bonds is 21. The average Bonchev–Trinajstić information content (AvgIpc) is 2.72. The predicted molar refractivity (Wildman–Crippen MR) is 173 cm³/mol. The zero-order valence-electron chi connectivity index (χ0n) is 21.0. The van der Waals surface area contributed by atoms with Gasteiger partial charge in [-0.05, 0) is 0 Å². The third-order valence-electron chi connectivity index (χ3n) is 2.80. The highest BCUT2D eigenvalue weighted by atomic mass is 33.1. The van der Waals surface area contributed by atoms with Crippen molar-refractivity contribution in [1.29, 1.82) is 0 Å². The van der Waals surface area contributed by atoms with Crippen molar-refractivity contribution in [2.24, 2.45) is 0 Å². The van der Waals surface area contributed by atoms with E-state index < -0.39 is 60.7 Å². The summed E-state index contributed by atoms with van der Waals surface area (Å²) >= 11 is 0. The molecule has 0 saturated heterocycles. The van der Waals surface area contributed by atoms with Crippen LogP contribution < -0.4 is 0 Å². The van der Waals surface area contributed by atoms with Crippen LogP contribution in [0.1, 0.15) is 0 Å². The van der Waals surface area contributed by atoms with Crippen LogP contribution in [-0.2, 0) is 60.7 Å². The Balaban J connectivity index is -0.000000543. The molecule has 0 aliphatic heterocycles. The highest BCUT2D eigenvalue weighted by Gasteiger charge is 2.08.